The van der Waals surface area contributed by atoms with Gasteiger partial charge in [-0.05, 0) is 68.9 Å². The largest absolute Gasteiger partial charge is 0.352 e. The van der Waals surface area contributed by atoms with E-state index in [0.717, 1.165) is 24.0 Å². The molecule has 1 atom stereocenters. The highest BCUT2D eigenvalue weighted by Gasteiger charge is 2.14. The van der Waals surface area contributed by atoms with Crippen LogP contribution >= 0.6 is 0 Å². The summed E-state index contributed by atoms with van der Waals surface area (Å²) in [5.74, 6) is -0.116. The molecule has 0 bridgehead atoms. The minimum absolute atomic E-state index is 0.0443. The molecular weight excluding hydrogens is 512 g/mol. The number of amides is 1. The second kappa shape index (κ2) is 24.8. The van der Waals surface area contributed by atoms with E-state index >= 15 is 0 Å². The first-order chi connectivity index (χ1) is 20.3. The summed E-state index contributed by atoms with van der Waals surface area (Å²) in [6.07, 6.45) is 17.2. The van der Waals surface area contributed by atoms with Crippen LogP contribution in [0.1, 0.15) is 84.8 Å². The third-order valence-electron chi connectivity index (χ3n) is 5.73. The number of benzene rings is 2. The summed E-state index contributed by atoms with van der Waals surface area (Å²) in [5.41, 5.74) is 7.11. The SMILES string of the molecule is C=C(C)/C=C/C.CC.CC(C(=O)NCC1=CCCC=C1)c1cccnc1.CCC.Cc1ccc(-c2ccccc2)cc1. The molecule has 3 heteroatoms. The van der Waals surface area contributed by atoms with E-state index < -0.39 is 0 Å². The molecule has 3 nitrogen and oxygen atoms in total. The molecule has 1 aliphatic rings. The topological polar surface area (TPSA) is 42.0 Å². The predicted octanol–water partition coefficient (Wildman–Crippen LogP) is 10.8. The first-order valence-corrected chi connectivity index (χ1v) is 15.3. The lowest BCUT2D eigenvalue weighted by atomic mass is 10.0. The van der Waals surface area contributed by atoms with Gasteiger partial charge in [0, 0.05) is 18.9 Å². The van der Waals surface area contributed by atoms with Gasteiger partial charge >= 0.3 is 0 Å². The molecule has 1 heterocycles. The number of aryl methyl sites for hydroxylation is 1. The van der Waals surface area contributed by atoms with Crippen molar-refractivity contribution < 1.29 is 4.79 Å². The lowest BCUT2D eigenvalue weighted by molar-refractivity contribution is -0.122. The Kier molecular flexibility index (Phi) is 22.4. The Morgan fingerprint density at radius 1 is 0.976 bits per heavy atom. The smallest absolute Gasteiger partial charge is 0.227 e. The second-order valence-corrected chi connectivity index (χ2v) is 9.77. The number of pyridine rings is 1. The van der Waals surface area contributed by atoms with Gasteiger partial charge in [0.2, 0.25) is 5.91 Å². The molecule has 3 aromatic rings. The second-order valence-electron chi connectivity index (χ2n) is 9.77. The standard InChI is InChI=1S/C15H18N2O.C13H12.C6H10.C3H8.C2H6/c1-12(14-8-5-9-16-11-14)15(18)17-10-13-6-3-2-4-7-13;1-11-7-9-13(10-8-11)12-5-3-2-4-6-12;1-4-5-6(2)3;1-3-2;1-2/h3,5-9,11-12H,2,4,10H2,1H3,(H,17,18);2-10H,1H3;4-5H,2H2,1,3H3;3H2,1-2H3;1-2H3/b;;5-4+;;. The maximum absolute atomic E-state index is 12.0. The first-order valence-electron chi connectivity index (χ1n) is 15.3. The van der Waals surface area contributed by atoms with Gasteiger partial charge < -0.3 is 5.32 Å². The van der Waals surface area contributed by atoms with E-state index in [-0.39, 0.29) is 11.8 Å². The molecule has 1 aromatic heterocycles. The van der Waals surface area contributed by atoms with Gasteiger partial charge in [0.25, 0.3) is 0 Å². The van der Waals surface area contributed by atoms with Crippen molar-refractivity contribution >= 4 is 5.91 Å². The number of aromatic nitrogens is 1. The van der Waals surface area contributed by atoms with Gasteiger partial charge in [0.05, 0.1) is 5.92 Å². The van der Waals surface area contributed by atoms with Crippen LogP contribution in [-0.2, 0) is 4.79 Å². The maximum Gasteiger partial charge on any atom is 0.227 e. The molecule has 0 radical (unpaired) electrons. The van der Waals surface area contributed by atoms with Crippen molar-refractivity contribution in [1.29, 1.82) is 0 Å². The van der Waals surface area contributed by atoms with E-state index in [1.54, 1.807) is 12.4 Å². The molecule has 0 saturated carbocycles. The molecule has 226 valence electrons. The number of allylic oxidation sites excluding steroid dienone is 5. The quantitative estimate of drug-likeness (QED) is 0.302. The minimum Gasteiger partial charge on any atom is -0.352 e. The number of hydrogen-bond acceptors (Lipinski definition) is 2. The van der Waals surface area contributed by atoms with Crippen molar-refractivity contribution in [2.75, 3.05) is 6.54 Å². The van der Waals surface area contributed by atoms with Gasteiger partial charge in [-0.15, -0.1) is 0 Å². The van der Waals surface area contributed by atoms with E-state index in [1.165, 1.54) is 28.7 Å². The van der Waals surface area contributed by atoms with Crippen LogP contribution in [0, 0.1) is 6.92 Å². The van der Waals surface area contributed by atoms with Crippen molar-refractivity contribution in [3.05, 3.63) is 138 Å². The fraction of sp³-hybridized carbons (Fsp3) is 0.333. The van der Waals surface area contributed by atoms with Crippen LogP contribution in [0.5, 0.6) is 0 Å². The van der Waals surface area contributed by atoms with E-state index in [9.17, 15) is 4.79 Å². The monoisotopic (exact) mass is 566 g/mol. The lowest BCUT2D eigenvalue weighted by Gasteiger charge is -2.13. The maximum atomic E-state index is 12.0. The third kappa shape index (κ3) is 17.7. The number of rotatable bonds is 6. The summed E-state index contributed by atoms with van der Waals surface area (Å²) in [6, 6.07) is 22.8. The Morgan fingerprint density at radius 3 is 2.07 bits per heavy atom. The molecule has 0 fully saturated rings. The van der Waals surface area contributed by atoms with Crippen LogP contribution in [0.3, 0.4) is 0 Å². The molecular formula is C39H54N2O. The molecule has 1 amide bonds. The van der Waals surface area contributed by atoms with Crippen molar-refractivity contribution in [2.45, 2.75) is 80.6 Å². The van der Waals surface area contributed by atoms with E-state index in [2.05, 4.69) is 104 Å². The average Bonchev–Trinajstić information content (AvgIpc) is 3.03. The fourth-order valence-electron chi connectivity index (χ4n) is 3.59. The van der Waals surface area contributed by atoms with Crippen LogP contribution < -0.4 is 5.32 Å². The summed E-state index contributed by atoms with van der Waals surface area (Å²) >= 11 is 0. The summed E-state index contributed by atoms with van der Waals surface area (Å²) < 4.78 is 0. The molecule has 4 rings (SSSR count). The average molecular weight is 567 g/mol. The Hall–Kier alpha value is -3.98. The van der Waals surface area contributed by atoms with Crippen molar-refractivity contribution in [2.24, 2.45) is 0 Å². The normalized spacial score (nSPS) is 11.9. The molecule has 1 aliphatic carbocycles. The summed E-state index contributed by atoms with van der Waals surface area (Å²) in [7, 11) is 0. The van der Waals surface area contributed by atoms with Gasteiger partial charge in [0.1, 0.15) is 0 Å². The summed E-state index contributed by atoms with van der Waals surface area (Å²) in [4.78, 5) is 16.0. The molecule has 0 aliphatic heterocycles. The van der Waals surface area contributed by atoms with Crippen LogP contribution in [-0.4, -0.2) is 17.4 Å². The van der Waals surface area contributed by atoms with Gasteiger partial charge in [-0.3, -0.25) is 9.78 Å². The van der Waals surface area contributed by atoms with Crippen molar-refractivity contribution in [1.82, 2.24) is 10.3 Å². The van der Waals surface area contributed by atoms with Crippen LogP contribution in [0.2, 0.25) is 0 Å². The van der Waals surface area contributed by atoms with E-state index in [4.69, 9.17) is 0 Å². The fourth-order valence-corrected chi connectivity index (χ4v) is 3.59. The number of nitrogens with zero attached hydrogens (tertiary/aromatic N) is 1. The number of nitrogens with one attached hydrogen (secondary N) is 1. The van der Waals surface area contributed by atoms with E-state index in [1.807, 2.05) is 65.0 Å². The van der Waals surface area contributed by atoms with Crippen LogP contribution in [0.25, 0.3) is 11.1 Å². The Bertz CT molecular complexity index is 1190. The predicted molar refractivity (Wildman–Crippen MR) is 186 cm³/mol. The zero-order valence-electron chi connectivity index (χ0n) is 27.4. The van der Waals surface area contributed by atoms with Crippen molar-refractivity contribution in [3.8, 4) is 11.1 Å². The summed E-state index contributed by atoms with van der Waals surface area (Å²) in [6.45, 7) is 20.5. The highest BCUT2D eigenvalue weighted by atomic mass is 16.1. The lowest BCUT2D eigenvalue weighted by Crippen LogP contribution is -2.29. The third-order valence-corrected chi connectivity index (χ3v) is 5.73. The minimum atomic E-state index is -0.160. The highest BCUT2D eigenvalue weighted by molar-refractivity contribution is 5.83. The van der Waals surface area contributed by atoms with E-state index in [0.29, 0.717) is 6.54 Å². The first kappa shape index (κ1) is 38.0. The number of carbonyl (C=O) groups excluding carboxylic acids is 1. The molecule has 1 unspecified atom stereocenters. The molecule has 0 spiro atoms. The van der Waals surface area contributed by atoms with Gasteiger partial charge in [-0.1, -0.05) is 143 Å². The Balaban J connectivity index is 0.000000611. The molecule has 2 aromatic carbocycles. The van der Waals surface area contributed by atoms with Gasteiger partial charge in [0.15, 0.2) is 0 Å². The van der Waals surface area contributed by atoms with Crippen LogP contribution in [0.15, 0.2) is 127 Å². The zero-order chi connectivity index (χ0) is 31.6. The highest BCUT2D eigenvalue weighted by Crippen LogP contribution is 2.18. The molecule has 42 heavy (non-hydrogen) atoms. The van der Waals surface area contributed by atoms with Gasteiger partial charge in [-0.2, -0.15) is 0 Å². The molecule has 1 N–H and O–H groups in total. The summed E-state index contributed by atoms with van der Waals surface area (Å²) in [5, 5.41) is 2.96. The Morgan fingerprint density at radius 2 is 1.60 bits per heavy atom. The zero-order valence-corrected chi connectivity index (χ0v) is 27.4. The van der Waals surface area contributed by atoms with Crippen LogP contribution in [0.4, 0.5) is 0 Å². The molecule has 0 saturated heterocycles. The number of carbonyl (C=O) groups is 1. The number of hydrogen-bond donors (Lipinski definition) is 1. The van der Waals surface area contributed by atoms with Crippen molar-refractivity contribution in [3.63, 3.8) is 0 Å². The Labute approximate surface area is 257 Å². The van der Waals surface area contributed by atoms with Gasteiger partial charge in [-0.25, -0.2) is 0 Å².